The molecule has 0 aliphatic carbocycles. The molecule has 0 spiro atoms. The minimum absolute atomic E-state index is 0.0644. The van der Waals surface area contributed by atoms with Gasteiger partial charge in [0.2, 0.25) is 5.09 Å². The van der Waals surface area contributed by atoms with Crippen LogP contribution in [0, 0.1) is 0 Å². The first-order valence-corrected chi connectivity index (χ1v) is 11.3. The summed E-state index contributed by atoms with van der Waals surface area (Å²) in [6.45, 7) is 0. The number of benzene rings is 2. The van der Waals surface area contributed by atoms with Crippen molar-refractivity contribution in [1.29, 1.82) is 0 Å². The molecule has 4 aromatic rings. The highest BCUT2D eigenvalue weighted by Gasteiger charge is 2.24. The van der Waals surface area contributed by atoms with Gasteiger partial charge < -0.3 is 4.42 Å². The van der Waals surface area contributed by atoms with Crippen molar-refractivity contribution < 1.29 is 21.3 Å². The molecule has 0 radical (unpaired) electrons. The second-order valence-corrected chi connectivity index (χ2v) is 9.44. The average molecular weight is 454 g/mol. The van der Waals surface area contributed by atoms with Crippen molar-refractivity contribution in [2.24, 2.45) is 0 Å². The maximum atomic E-state index is 12.8. The van der Waals surface area contributed by atoms with E-state index >= 15 is 0 Å². The highest BCUT2D eigenvalue weighted by Crippen LogP contribution is 2.31. The molecule has 29 heavy (non-hydrogen) atoms. The quantitative estimate of drug-likeness (QED) is 0.406. The standard InChI is InChI=1S/C16H12ClN5O5S2/c17-11-5-6-12(21-29(25,26)16-18-9-19-20-16)13(8-11)22-28(23,24)15-7-10-3-1-2-4-14(10)27-15/h1-9,21-22H,(H,18,19,20). The van der Waals surface area contributed by atoms with E-state index in [2.05, 4.69) is 24.6 Å². The van der Waals surface area contributed by atoms with Crippen LogP contribution in [0.4, 0.5) is 11.4 Å². The van der Waals surface area contributed by atoms with Crippen LogP contribution < -0.4 is 9.44 Å². The van der Waals surface area contributed by atoms with Gasteiger partial charge in [0.15, 0.2) is 0 Å². The van der Waals surface area contributed by atoms with E-state index in [0.29, 0.717) is 11.0 Å². The van der Waals surface area contributed by atoms with Crippen LogP contribution in [0.1, 0.15) is 0 Å². The Morgan fingerprint density at radius 2 is 1.69 bits per heavy atom. The number of fused-ring (bicyclic) bond motifs is 1. The monoisotopic (exact) mass is 453 g/mol. The Labute approximate surface area is 170 Å². The summed E-state index contributed by atoms with van der Waals surface area (Å²) >= 11 is 5.96. The average Bonchev–Trinajstić information content (AvgIpc) is 3.33. The number of para-hydroxylation sites is 1. The number of rotatable bonds is 6. The second-order valence-electron chi connectivity index (χ2n) is 5.79. The number of hydrogen-bond acceptors (Lipinski definition) is 7. The zero-order valence-electron chi connectivity index (χ0n) is 14.3. The normalized spacial score (nSPS) is 12.2. The van der Waals surface area contributed by atoms with Crippen molar-refractivity contribution in [2.75, 3.05) is 9.44 Å². The zero-order chi connectivity index (χ0) is 20.6. The molecule has 4 rings (SSSR count). The molecule has 0 fully saturated rings. The number of anilines is 2. The van der Waals surface area contributed by atoms with Gasteiger partial charge in [0.25, 0.3) is 25.2 Å². The van der Waals surface area contributed by atoms with Crippen LogP contribution in [0.25, 0.3) is 11.0 Å². The van der Waals surface area contributed by atoms with Gasteiger partial charge in [0, 0.05) is 16.5 Å². The fourth-order valence-electron chi connectivity index (χ4n) is 2.49. The van der Waals surface area contributed by atoms with Crippen LogP contribution >= 0.6 is 11.6 Å². The number of nitrogens with one attached hydrogen (secondary N) is 3. The number of H-pyrrole nitrogens is 1. The van der Waals surface area contributed by atoms with E-state index in [1.807, 2.05) is 0 Å². The van der Waals surface area contributed by atoms with Gasteiger partial charge in [-0.05, 0) is 24.3 Å². The smallest absolute Gasteiger partial charge is 0.297 e. The molecule has 0 saturated heterocycles. The van der Waals surface area contributed by atoms with E-state index in [0.717, 1.165) is 6.33 Å². The summed E-state index contributed by atoms with van der Waals surface area (Å²) in [4.78, 5) is 3.58. The minimum atomic E-state index is -4.17. The molecule has 3 N–H and O–H groups in total. The van der Waals surface area contributed by atoms with Gasteiger partial charge in [-0.1, -0.05) is 29.8 Å². The number of aromatic amines is 1. The molecular weight excluding hydrogens is 442 g/mol. The zero-order valence-corrected chi connectivity index (χ0v) is 16.7. The van der Waals surface area contributed by atoms with E-state index in [1.165, 1.54) is 24.3 Å². The maximum absolute atomic E-state index is 12.8. The van der Waals surface area contributed by atoms with Crippen LogP contribution in [-0.2, 0) is 20.0 Å². The lowest BCUT2D eigenvalue weighted by atomic mass is 10.3. The summed E-state index contributed by atoms with van der Waals surface area (Å²) in [7, 11) is -8.30. The van der Waals surface area contributed by atoms with E-state index in [4.69, 9.17) is 16.0 Å². The predicted octanol–water partition coefficient (Wildman–Crippen LogP) is 2.81. The number of sulfonamides is 2. The van der Waals surface area contributed by atoms with Gasteiger partial charge in [0.1, 0.15) is 11.9 Å². The topological polar surface area (TPSA) is 147 Å². The molecular formula is C16H12ClN5O5S2. The van der Waals surface area contributed by atoms with Crippen molar-refractivity contribution in [3.63, 3.8) is 0 Å². The van der Waals surface area contributed by atoms with Crippen LogP contribution in [0.2, 0.25) is 5.02 Å². The van der Waals surface area contributed by atoms with E-state index < -0.39 is 25.2 Å². The van der Waals surface area contributed by atoms with Crippen molar-refractivity contribution in [1.82, 2.24) is 15.2 Å². The third-order valence-electron chi connectivity index (χ3n) is 3.79. The van der Waals surface area contributed by atoms with Gasteiger partial charge in [-0.2, -0.15) is 21.9 Å². The Hall–Kier alpha value is -3.09. The second kappa shape index (κ2) is 7.06. The molecule has 0 aliphatic heterocycles. The summed E-state index contributed by atoms with van der Waals surface area (Å²) < 4.78 is 60.2. The number of halogens is 1. The van der Waals surface area contributed by atoms with Crippen LogP contribution in [-0.4, -0.2) is 32.0 Å². The SMILES string of the molecule is O=S(=O)(Nc1ccc(Cl)cc1NS(=O)(=O)c1cc2ccccc2o1)c1ncn[nH]1. The summed E-state index contributed by atoms with van der Waals surface area (Å²) in [5, 5.41) is 5.74. The lowest BCUT2D eigenvalue weighted by Crippen LogP contribution is -2.18. The molecule has 0 saturated carbocycles. The lowest BCUT2D eigenvalue weighted by Gasteiger charge is -2.13. The minimum Gasteiger partial charge on any atom is -0.443 e. The molecule has 2 aromatic heterocycles. The molecule has 0 amide bonds. The van der Waals surface area contributed by atoms with E-state index in [1.54, 1.807) is 24.3 Å². The fraction of sp³-hybridized carbons (Fsp3) is 0. The van der Waals surface area contributed by atoms with E-state index in [-0.39, 0.29) is 21.5 Å². The van der Waals surface area contributed by atoms with Crippen LogP contribution in [0.15, 0.2) is 69.5 Å². The lowest BCUT2D eigenvalue weighted by molar-refractivity contribution is 0.484. The number of hydrogen-bond donors (Lipinski definition) is 3. The van der Waals surface area contributed by atoms with Gasteiger partial charge in [-0.25, -0.2) is 10.1 Å². The predicted molar refractivity (Wildman–Crippen MR) is 106 cm³/mol. The first kappa shape index (κ1) is 19.2. The molecule has 0 unspecified atom stereocenters. The van der Waals surface area contributed by atoms with Gasteiger partial charge in [-0.15, -0.1) is 0 Å². The third-order valence-corrected chi connectivity index (χ3v) is 6.43. The van der Waals surface area contributed by atoms with Crippen molar-refractivity contribution in [3.8, 4) is 0 Å². The Bertz CT molecular complexity index is 1370. The molecule has 0 atom stereocenters. The van der Waals surface area contributed by atoms with Gasteiger partial charge in [0.05, 0.1) is 11.4 Å². The van der Waals surface area contributed by atoms with Crippen molar-refractivity contribution in [3.05, 3.63) is 59.9 Å². The molecule has 2 aromatic carbocycles. The molecule has 10 nitrogen and oxygen atoms in total. The molecule has 0 aliphatic rings. The van der Waals surface area contributed by atoms with Crippen LogP contribution in [0.3, 0.4) is 0 Å². The molecule has 2 heterocycles. The Balaban J connectivity index is 1.70. The first-order chi connectivity index (χ1) is 13.7. The summed E-state index contributed by atoms with van der Waals surface area (Å²) in [5.74, 6) is 0. The summed E-state index contributed by atoms with van der Waals surface area (Å²) in [6, 6.07) is 12.1. The molecule has 13 heteroatoms. The Morgan fingerprint density at radius 1 is 0.931 bits per heavy atom. The summed E-state index contributed by atoms with van der Waals surface area (Å²) in [5.41, 5.74) is 0.233. The Morgan fingerprint density at radius 3 is 2.41 bits per heavy atom. The highest BCUT2D eigenvalue weighted by molar-refractivity contribution is 7.93. The van der Waals surface area contributed by atoms with Crippen molar-refractivity contribution in [2.45, 2.75) is 10.2 Å². The van der Waals surface area contributed by atoms with E-state index in [9.17, 15) is 16.8 Å². The highest BCUT2D eigenvalue weighted by atomic mass is 35.5. The largest absolute Gasteiger partial charge is 0.443 e. The maximum Gasteiger partial charge on any atom is 0.297 e. The van der Waals surface area contributed by atoms with Crippen LogP contribution in [0.5, 0.6) is 0 Å². The third kappa shape index (κ3) is 3.90. The van der Waals surface area contributed by atoms with Gasteiger partial charge in [-0.3, -0.25) is 9.44 Å². The number of furan rings is 1. The first-order valence-electron chi connectivity index (χ1n) is 7.94. The molecule has 0 bridgehead atoms. The fourth-order valence-corrected chi connectivity index (χ4v) is 4.63. The summed E-state index contributed by atoms with van der Waals surface area (Å²) in [6.07, 6.45) is 1.03. The Kier molecular flexibility index (Phi) is 4.68. The van der Waals surface area contributed by atoms with Gasteiger partial charge >= 0.3 is 0 Å². The number of nitrogens with zero attached hydrogens (tertiary/aromatic N) is 2. The van der Waals surface area contributed by atoms with Crippen molar-refractivity contribution >= 4 is 54.0 Å². The molecule has 150 valence electrons. The number of aromatic nitrogens is 3.